The Labute approximate surface area is 620 Å². The van der Waals surface area contributed by atoms with Gasteiger partial charge < -0.3 is 30.9 Å². The highest BCUT2D eigenvalue weighted by atomic mass is 35.5. The van der Waals surface area contributed by atoms with Crippen molar-refractivity contribution in [1.82, 2.24) is 64.6 Å². The number of nitrogens with one attached hydrogen (secondary N) is 3. The summed E-state index contributed by atoms with van der Waals surface area (Å²) >= 11 is 18.4. The van der Waals surface area contributed by atoms with Crippen LogP contribution in [0.3, 0.4) is 0 Å². The molecule has 0 unspecified atom stereocenters. The first-order chi connectivity index (χ1) is 51.9. The zero-order chi connectivity index (χ0) is 72.4. The van der Waals surface area contributed by atoms with Crippen molar-refractivity contribution >= 4 is 140 Å². The molecule has 19 aromatic rings. The number of H-pyrrole nitrogens is 3. The Morgan fingerprint density at radius 3 is 1.35 bits per heavy atom. The van der Waals surface area contributed by atoms with Gasteiger partial charge in [-0.05, 0) is 141 Å². The number of benzene rings is 11. The minimum Gasteiger partial charge on any atom is -0.497 e. The lowest BCUT2D eigenvalue weighted by atomic mass is 9.99. The van der Waals surface area contributed by atoms with E-state index in [1.807, 2.05) is 174 Å². The number of ether oxygens (including phenoxy) is 2. The normalized spacial score (nSPS) is 11.3. The molecule has 7 N–H and O–H groups in total. The summed E-state index contributed by atoms with van der Waals surface area (Å²) in [6, 6.07) is 76.1. The lowest BCUT2D eigenvalue weighted by molar-refractivity contribution is 0.111. The van der Waals surface area contributed by atoms with Gasteiger partial charge in [0.1, 0.15) is 39.6 Å². The van der Waals surface area contributed by atoms with E-state index >= 15 is 0 Å². The van der Waals surface area contributed by atoms with E-state index in [9.17, 15) is 4.79 Å². The number of rotatable bonds is 12. The van der Waals surface area contributed by atoms with Gasteiger partial charge >= 0.3 is 0 Å². The second-order valence-corrected chi connectivity index (χ2v) is 26.3. The number of pyridine rings is 3. The maximum atomic E-state index is 11.7. The molecule has 106 heavy (non-hydrogen) atoms. The zero-order valence-corrected chi connectivity index (χ0v) is 59.1. The predicted octanol–water partition coefficient (Wildman–Crippen LogP) is 20.1. The van der Waals surface area contributed by atoms with Gasteiger partial charge in [0.05, 0.1) is 81.3 Å². The van der Waals surface area contributed by atoms with E-state index in [1.165, 1.54) is 5.39 Å². The monoisotopic (exact) mass is 1450 g/mol. The minimum absolute atomic E-state index is 0.438. The number of nitrogens with two attached hydrogens (primary N) is 2. The van der Waals surface area contributed by atoms with Crippen molar-refractivity contribution in [3.05, 3.63) is 300 Å². The summed E-state index contributed by atoms with van der Waals surface area (Å²) in [5, 5.41) is 28.5. The fourth-order valence-corrected chi connectivity index (χ4v) is 13.8. The Bertz CT molecular complexity index is 6470. The number of anilines is 2. The summed E-state index contributed by atoms with van der Waals surface area (Å²) in [5.41, 5.74) is 28.5. The standard InChI is InChI=1S/C31H22ClN5O.C25H19N3O2.C23H14ClN5.C6H7ClN2/c1-38-22-12-9-19(10-13-22)18-37-28-14-11-20(25-17-33-16-21-5-2-3-6-23(21)25)15-24(28)29(36-37)31-34-27-8-4-7-26(32)30(27)35-31;1-30-20-9-6-17(7-10-20)15-28-25-11-8-18(12-22(25)24(16-29)27-28)23-14-26-13-19-4-2-3-5-21(19)23;24-18-6-3-7-20-22(18)27-23(26-20)21-16-10-13(8-9-19(16)28-29-21)17-12-25-11-14-4-1-2-5-15(14)17;7-4-2-1-3-5(8)6(4)9/h2-17H,18H2,1H3,(H,34,35);2-14,16H,15H2,1H3;1-12H,(H,26,27)(H,28,29);1-3H,8-9H2. The molecule has 516 valence electrons. The molecule has 19 rings (SSSR count). The van der Waals surface area contributed by atoms with Crippen molar-refractivity contribution in [1.29, 1.82) is 0 Å². The van der Waals surface area contributed by atoms with Crippen LogP contribution in [0.2, 0.25) is 15.1 Å². The third-order valence-corrected chi connectivity index (χ3v) is 19.5. The van der Waals surface area contributed by atoms with Crippen LogP contribution >= 0.6 is 34.8 Å². The van der Waals surface area contributed by atoms with E-state index in [-0.39, 0.29) is 0 Å². The molecule has 0 radical (unpaired) electrons. The number of methoxy groups -OCH3 is 2. The first kappa shape index (κ1) is 67.2. The predicted molar refractivity (Wildman–Crippen MR) is 428 cm³/mol. The lowest BCUT2D eigenvalue weighted by Crippen LogP contribution is -2.02. The molecule has 0 amide bonds. The van der Waals surface area contributed by atoms with E-state index in [2.05, 4.69) is 130 Å². The summed E-state index contributed by atoms with van der Waals surface area (Å²) in [5.74, 6) is 3.01. The van der Waals surface area contributed by atoms with Crippen molar-refractivity contribution in [2.75, 3.05) is 25.7 Å². The molecule has 21 heteroatoms. The number of aromatic amines is 3. The fraction of sp³-hybridized carbons (Fsp3) is 0.0471. The molecule has 11 aromatic carbocycles. The number of aldehydes is 1. The maximum absolute atomic E-state index is 11.7. The third-order valence-electron chi connectivity index (χ3n) is 18.6. The van der Waals surface area contributed by atoms with Gasteiger partial charge in [-0.15, -0.1) is 0 Å². The molecule has 0 fully saturated rings. The van der Waals surface area contributed by atoms with Crippen molar-refractivity contribution in [3.8, 4) is 67.9 Å². The topological polar surface area (TPSA) is 248 Å². The van der Waals surface area contributed by atoms with E-state index < -0.39 is 0 Å². The Morgan fingerprint density at radius 1 is 0.425 bits per heavy atom. The maximum Gasteiger partial charge on any atom is 0.170 e. The number of aromatic nitrogens is 13. The first-order valence-corrected chi connectivity index (χ1v) is 34.9. The number of nitrogens with zero attached hydrogens (tertiary/aromatic N) is 10. The number of nitrogen functional groups attached to an aromatic ring is 2. The molecule has 0 saturated carbocycles. The molecule has 0 atom stereocenters. The van der Waals surface area contributed by atoms with Crippen LogP contribution in [0.25, 0.3) is 144 Å². The van der Waals surface area contributed by atoms with E-state index in [0.29, 0.717) is 56.9 Å². The quantitative estimate of drug-likeness (QED) is 0.0565. The first-order valence-electron chi connectivity index (χ1n) is 33.7. The lowest BCUT2D eigenvalue weighted by Gasteiger charge is -2.08. The van der Waals surface area contributed by atoms with Gasteiger partial charge in [-0.3, -0.25) is 34.2 Å². The summed E-state index contributed by atoms with van der Waals surface area (Å²) in [6.45, 7) is 1.18. The Balaban J connectivity index is 0.000000116. The smallest absolute Gasteiger partial charge is 0.170 e. The number of hydrogen-bond donors (Lipinski definition) is 5. The van der Waals surface area contributed by atoms with Gasteiger partial charge in [0.2, 0.25) is 0 Å². The molecule has 0 aliphatic carbocycles. The van der Waals surface area contributed by atoms with Crippen LogP contribution in [0.4, 0.5) is 11.4 Å². The SMILES string of the molecule is COc1ccc(Cn2nc(-c3nc4c(Cl)cccc4[nH]3)c3cc(-c4cncc5ccccc45)ccc32)cc1.COc1ccc(Cn2nc(C=O)c3cc(-c4cncc5ccccc45)ccc32)cc1.Clc1cccc2[nH]c(-c3n[nH]c4ccc(-c5cncc6ccccc56)cc34)nc12.Nc1cccc(Cl)c1N. The van der Waals surface area contributed by atoms with E-state index in [0.717, 1.165) is 155 Å². The Kier molecular flexibility index (Phi) is 18.5. The van der Waals surface area contributed by atoms with Crippen molar-refractivity contribution in [3.63, 3.8) is 0 Å². The molecular weight excluding hydrogens is 1390 g/mol. The van der Waals surface area contributed by atoms with Gasteiger partial charge in [0.15, 0.2) is 17.9 Å². The molecule has 0 bridgehead atoms. The van der Waals surface area contributed by atoms with Gasteiger partial charge in [-0.1, -0.05) is 168 Å². The van der Waals surface area contributed by atoms with Crippen molar-refractivity contribution < 1.29 is 14.3 Å². The number of halogens is 3. The second-order valence-electron chi connectivity index (χ2n) is 25.1. The van der Waals surface area contributed by atoms with Crippen molar-refractivity contribution in [2.24, 2.45) is 0 Å². The van der Waals surface area contributed by atoms with Crippen LogP contribution in [0, 0.1) is 0 Å². The van der Waals surface area contributed by atoms with Gasteiger partial charge in [0, 0.05) is 86.2 Å². The van der Waals surface area contributed by atoms with Gasteiger partial charge in [-0.2, -0.15) is 15.3 Å². The fourth-order valence-electron chi connectivity index (χ4n) is 13.2. The van der Waals surface area contributed by atoms with Crippen LogP contribution < -0.4 is 20.9 Å². The van der Waals surface area contributed by atoms with E-state index in [4.69, 9.17) is 65.8 Å². The number of fused-ring (bicyclic) bond motifs is 8. The molecule has 8 aromatic heterocycles. The number of carbonyl (C=O) groups excluding carboxylic acids is 1. The third kappa shape index (κ3) is 13.4. The average Bonchev–Trinajstić information content (AvgIpc) is 1.26. The largest absolute Gasteiger partial charge is 0.497 e. The highest BCUT2D eigenvalue weighted by molar-refractivity contribution is 6.35. The second kappa shape index (κ2) is 29.2. The molecule has 0 saturated heterocycles. The molecular formula is C85H62Cl3N15O3. The van der Waals surface area contributed by atoms with Gasteiger partial charge in [-0.25, -0.2) is 9.97 Å². The summed E-state index contributed by atoms with van der Waals surface area (Å²) < 4.78 is 14.4. The van der Waals surface area contributed by atoms with Crippen LogP contribution in [-0.4, -0.2) is 85.2 Å². The summed E-state index contributed by atoms with van der Waals surface area (Å²) in [6.07, 6.45) is 12.2. The van der Waals surface area contributed by atoms with Crippen LogP contribution in [0.15, 0.2) is 268 Å². The van der Waals surface area contributed by atoms with Crippen LogP contribution in [0.5, 0.6) is 11.5 Å². The Morgan fingerprint density at radius 2 is 0.868 bits per heavy atom. The summed E-state index contributed by atoms with van der Waals surface area (Å²) in [4.78, 5) is 41.3. The number of imidazole rings is 2. The van der Waals surface area contributed by atoms with Crippen LogP contribution in [-0.2, 0) is 13.1 Å². The molecule has 8 heterocycles. The molecule has 0 spiro atoms. The van der Waals surface area contributed by atoms with Crippen LogP contribution in [0.1, 0.15) is 21.6 Å². The Hall–Kier alpha value is -13.3. The van der Waals surface area contributed by atoms with E-state index in [1.54, 1.807) is 32.4 Å². The zero-order valence-electron chi connectivity index (χ0n) is 56.9. The number of para-hydroxylation sites is 3. The highest BCUT2D eigenvalue weighted by Gasteiger charge is 2.21. The average molecular weight is 1450 g/mol. The van der Waals surface area contributed by atoms with Gasteiger partial charge in [0.25, 0.3) is 0 Å². The minimum atomic E-state index is 0.438. The summed E-state index contributed by atoms with van der Waals surface area (Å²) in [7, 11) is 3.32. The highest BCUT2D eigenvalue weighted by Crippen LogP contribution is 2.39. The van der Waals surface area contributed by atoms with Crippen molar-refractivity contribution in [2.45, 2.75) is 13.1 Å². The molecule has 0 aliphatic heterocycles. The number of carbonyl (C=O) groups is 1. The number of hydrogen-bond acceptors (Lipinski definition) is 13. The molecule has 0 aliphatic rings. The molecule has 18 nitrogen and oxygen atoms in total.